The fourth-order valence-electron chi connectivity index (χ4n) is 4.27. The summed E-state index contributed by atoms with van der Waals surface area (Å²) in [5, 5.41) is 2.86. The summed E-state index contributed by atoms with van der Waals surface area (Å²) in [6.07, 6.45) is 1.79. The lowest BCUT2D eigenvalue weighted by Crippen LogP contribution is -2.27. The van der Waals surface area contributed by atoms with Crippen LogP contribution in [0.5, 0.6) is 0 Å². The standard InChI is InChI=1S/C27H20Cl2N2O2S/c1-16-12-20(17(2)31(16)21-11-10-18-6-3-4-7-19(18)13-21)14-25-26(32)30(27(33)34-25)15-22-23(28)8-5-9-24(22)29/h3-14H,15H2,1-2H3/b25-14-. The Morgan fingerprint density at radius 3 is 2.32 bits per heavy atom. The predicted octanol–water partition coefficient (Wildman–Crippen LogP) is 7.79. The lowest BCUT2D eigenvalue weighted by Gasteiger charge is -2.14. The Morgan fingerprint density at radius 2 is 1.59 bits per heavy atom. The third-order valence-corrected chi connectivity index (χ3v) is 7.62. The number of rotatable bonds is 4. The van der Waals surface area contributed by atoms with Crippen molar-refractivity contribution in [2.24, 2.45) is 0 Å². The van der Waals surface area contributed by atoms with Gasteiger partial charge in [0, 0.05) is 32.7 Å². The van der Waals surface area contributed by atoms with Gasteiger partial charge in [0.1, 0.15) is 0 Å². The van der Waals surface area contributed by atoms with Crippen molar-refractivity contribution < 1.29 is 9.59 Å². The monoisotopic (exact) mass is 506 g/mol. The van der Waals surface area contributed by atoms with E-state index < -0.39 is 0 Å². The molecule has 7 heteroatoms. The van der Waals surface area contributed by atoms with E-state index in [2.05, 4.69) is 34.9 Å². The van der Waals surface area contributed by atoms with Crippen molar-refractivity contribution in [3.63, 3.8) is 0 Å². The molecule has 0 atom stereocenters. The molecule has 1 fully saturated rings. The number of nitrogens with zero attached hydrogens (tertiary/aromatic N) is 2. The van der Waals surface area contributed by atoms with Gasteiger partial charge in [-0.15, -0.1) is 0 Å². The molecule has 1 aromatic heterocycles. The lowest BCUT2D eigenvalue weighted by atomic mass is 10.1. The number of fused-ring (bicyclic) bond motifs is 1. The van der Waals surface area contributed by atoms with Crippen LogP contribution in [0.15, 0.2) is 71.6 Å². The normalized spacial score (nSPS) is 15.2. The number of halogens is 2. The molecule has 1 aliphatic heterocycles. The Balaban J connectivity index is 1.47. The topological polar surface area (TPSA) is 42.3 Å². The van der Waals surface area contributed by atoms with Gasteiger partial charge in [0.15, 0.2) is 0 Å². The fourth-order valence-corrected chi connectivity index (χ4v) is 5.61. The first-order valence-corrected chi connectivity index (χ1v) is 12.3. The summed E-state index contributed by atoms with van der Waals surface area (Å²) >= 11 is 13.4. The molecule has 2 amide bonds. The molecule has 0 bridgehead atoms. The molecular formula is C27H20Cl2N2O2S. The van der Waals surface area contributed by atoms with Gasteiger partial charge >= 0.3 is 0 Å². The molecule has 34 heavy (non-hydrogen) atoms. The number of amides is 2. The minimum Gasteiger partial charge on any atom is -0.318 e. The molecule has 0 unspecified atom stereocenters. The number of carbonyl (C=O) groups is 2. The summed E-state index contributed by atoms with van der Waals surface area (Å²) < 4.78 is 2.16. The third-order valence-electron chi connectivity index (χ3n) is 6.00. The zero-order valence-corrected chi connectivity index (χ0v) is 20.8. The molecule has 170 valence electrons. The van der Waals surface area contributed by atoms with Crippen LogP contribution in [0.2, 0.25) is 10.0 Å². The second-order valence-electron chi connectivity index (χ2n) is 8.16. The number of hydrogen-bond donors (Lipinski definition) is 0. The van der Waals surface area contributed by atoms with Crippen molar-refractivity contribution in [2.75, 3.05) is 0 Å². The van der Waals surface area contributed by atoms with E-state index >= 15 is 0 Å². The molecule has 0 spiro atoms. The summed E-state index contributed by atoms with van der Waals surface area (Å²) in [6, 6.07) is 21.7. The molecule has 0 radical (unpaired) electrons. The van der Waals surface area contributed by atoms with E-state index in [1.807, 2.05) is 32.0 Å². The van der Waals surface area contributed by atoms with E-state index in [0.717, 1.165) is 39.8 Å². The van der Waals surface area contributed by atoms with Crippen molar-refractivity contribution >= 4 is 63.0 Å². The molecule has 1 saturated heterocycles. The maximum Gasteiger partial charge on any atom is 0.293 e. The number of benzene rings is 3. The van der Waals surface area contributed by atoms with Crippen LogP contribution < -0.4 is 0 Å². The number of hydrogen-bond acceptors (Lipinski definition) is 3. The molecular weight excluding hydrogens is 487 g/mol. The van der Waals surface area contributed by atoms with E-state index in [0.29, 0.717) is 20.5 Å². The average Bonchev–Trinajstić information content (AvgIpc) is 3.24. The Kier molecular flexibility index (Phi) is 6.02. The van der Waals surface area contributed by atoms with E-state index in [1.54, 1.807) is 24.3 Å². The van der Waals surface area contributed by atoms with Gasteiger partial charge in [0.05, 0.1) is 11.4 Å². The molecule has 3 aromatic carbocycles. The Labute approximate surface area is 211 Å². The molecule has 1 aliphatic rings. The van der Waals surface area contributed by atoms with E-state index in [9.17, 15) is 9.59 Å². The van der Waals surface area contributed by atoms with Gasteiger partial charge in [-0.05, 0) is 78.4 Å². The minimum atomic E-state index is -0.346. The highest BCUT2D eigenvalue weighted by molar-refractivity contribution is 8.18. The summed E-state index contributed by atoms with van der Waals surface area (Å²) in [7, 11) is 0. The summed E-state index contributed by atoms with van der Waals surface area (Å²) in [5.74, 6) is -0.346. The van der Waals surface area contributed by atoms with Crippen LogP contribution in [-0.2, 0) is 11.3 Å². The van der Waals surface area contributed by atoms with Crippen LogP contribution in [0, 0.1) is 13.8 Å². The second kappa shape index (κ2) is 8.99. The minimum absolute atomic E-state index is 0.0383. The molecule has 4 aromatic rings. The van der Waals surface area contributed by atoms with Crippen molar-refractivity contribution in [3.05, 3.63) is 104 Å². The highest BCUT2D eigenvalue weighted by atomic mass is 35.5. The van der Waals surface area contributed by atoms with Gasteiger partial charge in [-0.2, -0.15) is 0 Å². The Hall–Kier alpha value is -2.99. The van der Waals surface area contributed by atoms with E-state index in [1.165, 1.54) is 10.3 Å². The van der Waals surface area contributed by atoms with E-state index in [-0.39, 0.29) is 17.7 Å². The summed E-state index contributed by atoms with van der Waals surface area (Å²) in [4.78, 5) is 27.3. The van der Waals surface area contributed by atoms with E-state index in [4.69, 9.17) is 23.2 Å². The number of carbonyl (C=O) groups excluding carboxylic acids is 2. The Morgan fingerprint density at radius 1 is 0.882 bits per heavy atom. The maximum absolute atomic E-state index is 13.1. The van der Waals surface area contributed by atoms with Crippen LogP contribution in [0.4, 0.5) is 4.79 Å². The molecule has 2 heterocycles. The van der Waals surface area contributed by atoms with Gasteiger partial charge in [-0.25, -0.2) is 0 Å². The number of thioether (sulfide) groups is 1. The zero-order chi connectivity index (χ0) is 24.0. The van der Waals surface area contributed by atoms with Crippen LogP contribution in [0.3, 0.4) is 0 Å². The quantitative estimate of drug-likeness (QED) is 0.265. The van der Waals surface area contributed by atoms with Crippen molar-refractivity contribution in [3.8, 4) is 5.69 Å². The molecule has 4 nitrogen and oxygen atoms in total. The smallest absolute Gasteiger partial charge is 0.293 e. The summed E-state index contributed by atoms with van der Waals surface area (Å²) in [6.45, 7) is 4.09. The third kappa shape index (κ3) is 4.05. The van der Waals surface area contributed by atoms with Crippen molar-refractivity contribution in [1.29, 1.82) is 0 Å². The first kappa shape index (κ1) is 22.8. The number of imide groups is 1. The molecule has 0 saturated carbocycles. The molecule has 0 N–H and O–H groups in total. The van der Waals surface area contributed by atoms with Crippen LogP contribution in [0.1, 0.15) is 22.5 Å². The zero-order valence-electron chi connectivity index (χ0n) is 18.5. The largest absolute Gasteiger partial charge is 0.318 e. The van der Waals surface area contributed by atoms with Gasteiger partial charge in [0.25, 0.3) is 11.1 Å². The van der Waals surface area contributed by atoms with Crippen LogP contribution >= 0.6 is 35.0 Å². The molecule has 0 aliphatic carbocycles. The average molecular weight is 507 g/mol. The van der Waals surface area contributed by atoms with Crippen molar-refractivity contribution in [2.45, 2.75) is 20.4 Å². The summed E-state index contributed by atoms with van der Waals surface area (Å²) in [5.41, 5.74) is 4.54. The van der Waals surface area contributed by atoms with Gasteiger partial charge in [0.2, 0.25) is 0 Å². The van der Waals surface area contributed by atoms with Crippen LogP contribution in [0.25, 0.3) is 22.5 Å². The first-order valence-electron chi connectivity index (χ1n) is 10.7. The maximum atomic E-state index is 13.1. The van der Waals surface area contributed by atoms with Gasteiger partial charge < -0.3 is 4.57 Å². The van der Waals surface area contributed by atoms with Crippen molar-refractivity contribution in [1.82, 2.24) is 9.47 Å². The van der Waals surface area contributed by atoms with Gasteiger partial charge in [-0.3, -0.25) is 14.5 Å². The SMILES string of the molecule is Cc1cc(/C=C2\SC(=O)N(Cc3c(Cl)cccc3Cl)C2=O)c(C)n1-c1ccc2ccccc2c1. The Bertz CT molecular complexity index is 1490. The first-order chi connectivity index (χ1) is 16.3. The van der Waals surface area contributed by atoms with Gasteiger partial charge in [-0.1, -0.05) is 59.6 Å². The second-order valence-corrected chi connectivity index (χ2v) is 9.97. The highest BCUT2D eigenvalue weighted by Gasteiger charge is 2.36. The number of aryl methyl sites for hydroxylation is 1. The predicted molar refractivity (Wildman–Crippen MR) is 141 cm³/mol. The number of aromatic nitrogens is 1. The fraction of sp³-hybridized carbons (Fsp3) is 0.111. The lowest BCUT2D eigenvalue weighted by molar-refractivity contribution is -0.123. The molecule has 5 rings (SSSR count). The van der Waals surface area contributed by atoms with Crippen LogP contribution in [-0.4, -0.2) is 20.6 Å². The highest BCUT2D eigenvalue weighted by Crippen LogP contribution is 2.36.